The van der Waals surface area contributed by atoms with E-state index in [0.717, 1.165) is 22.9 Å². The Hall–Kier alpha value is -1.61. The molecule has 3 nitrogen and oxygen atoms in total. The lowest BCUT2D eigenvalue weighted by molar-refractivity contribution is -0.144. The van der Waals surface area contributed by atoms with Gasteiger partial charge in [0.15, 0.2) is 0 Å². The van der Waals surface area contributed by atoms with E-state index in [2.05, 4.69) is 4.98 Å². The lowest BCUT2D eigenvalue weighted by Crippen LogP contribution is -2.07. The average Bonchev–Trinajstić information content (AvgIpc) is 3.18. The second-order valence-corrected chi connectivity index (χ2v) is 5.20. The zero-order valence-corrected chi connectivity index (χ0v) is 11.4. The summed E-state index contributed by atoms with van der Waals surface area (Å²) in [4.78, 5) is 16.1. The Morgan fingerprint density at radius 2 is 2.32 bits per heavy atom. The molecule has 0 bridgehead atoms. The third-order valence-corrected chi connectivity index (χ3v) is 3.72. The molecule has 1 aromatic carbocycles. The van der Waals surface area contributed by atoms with E-state index in [1.807, 2.05) is 31.2 Å². The van der Waals surface area contributed by atoms with E-state index >= 15 is 0 Å². The van der Waals surface area contributed by atoms with Gasteiger partial charge in [-0.25, -0.2) is 0 Å². The van der Waals surface area contributed by atoms with Crippen molar-refractivity contribution in [3.05, 3.63) is 41.2 Å². The summed E-state index contributed by atoms with van der Waals surface area (Å²) in [5.41, 5.74) is 0.979. The number of halogens is 1. The van der Waals surface area contributed by atoms with Crippen LogP contribution < -0.4 is 0 Å². The van der Waals surface area contributed by atoms with Crippen molar-refractivity contribution in [2.75, 3.05) is 6.61 Å². The maximum absolute atomic E-state index is 11.7. The van der Waals surface area contributed by atoms with E-state index in [9.17, 15) is 4.79 Å². The molecule has 1 aliphatic carbocycles. The minimum absolute atomic E-state index is 0.0336. The van der Waals surface area contributed by atoms with Crippen LogP contribution in [0.2, 0.25) is 5.02 Å². The first-order valence-electron chi connectivity index (χ1n) is 6.41. The molecule has 1 heterocycles. The second kappa shape index (κ2) is 4.82. The lowest BCUT2D eigenvalue weighted by atomic mass is 10.1. The van der Waals surface area contributed by atoms with Crippen LogP contribution in [0, 0.1) is 5.92 Å². The number of aromatic nitrogens is 1. The Bertz CT molecular complexity index is 641. The molecule has 1 saturated carbocycles. The highest BCUT2D eigenvalue weighted by Crippen LogP contribution is 2.49. The van der Waals surface area contributed by atoms with Crippen molar-refractivity contribution in [3.63, 3.8) is 0 Å². The molecule has 2 unspecified atom stereocenters. The van der Waals surface area contributed by atoms with Crippen LogP contribution in [0.1, 0.15) is 25.0 Å². The molecule has 1 fully saturated rings. The SMILES string of the molecule is CCOC(=O)C1CC1c1nccc2cc(Cl)ccc12. The fraction of sp³-hybridized carbons (Fsp3) is 0.333. The molecular formula is C15H14ClNO2. The lowest BCUT2D eigenvalue weighted by Gasteiger charge is -2.05. The zero-order chi connectivity index (χ0) is 13.4. The highest BCUT2D eigenvalue weighted by Gasteiger charge is 2.46. The summed E-state index contributed by atoms with van der Waals surface area (Å²) < 4.78 is 5.06. The van der Waals surface area contributed by atoms with E-state index in [0.29, 0.717) is 11.6 Å². The van der Waals surface area contributed by atoms with Gasteiger partial charge in [-0.2, -0.15) is 0 Å². The van der Waals surface area contributed by atoms with Gasteiger partial charge in [-0.05, 0) is 36.9 Å². The third kappa shape index (κ3) is 2.30. The molecule has 1 aromatic heterocycles. The van der Waals surface area contributed by atoms with Gasteiger partial charge in [0.2, 0.25) is 0 Å². The first-order chi connectivity index (χ1) is 9.20. The number of esters is 1. The van der Waals surface area contributed by atoms with Crippen LogP contribution in [0.15, 0.2) is 30.5 Å². The Morgan fingerprint density at radius 3 is 3.11 bits per heavy atom. The number of carbonyl (C=O) groups excluding carboxylic acids is 1. The number of hydrogen-bond acceptors (Lipinski definition) is 3. The van der Waals surface area contributed by atoms with E-state index in [4.69, 9.17) is 16.3 Å². The summed E-state index contributed by atoms with van der Waals surface area (Å²) in [6.45, 7) is 2.26. The van der Waals surface area contributed by atoms with Gasteiger partial charge in [0.1, 0.15) is 0 Å². The Kier molecular flexibility index (Phi) is 3.15. The van der Waals surface area contributed by atoms with Crippen LogP contribution >= 0.6 is 11.6 Å². The Morgan fingerprint density at radius 1 is 1.47 bits per heavy atom. The van der Waals surface area contributed by atoms with Crippen LogP contribution in [-0.4, -0.2) is 17.6 Å². The van der Waals surface area contributed by atoms with Crippen LogP contribution in [-0.2, 0) is 9.53 Å². The smallest absolute Gasteiger partial charge is 0.309 e. The van der Waals surface area contributed by atoms with Crippen molar-refractivity contribution in [1.29, 1.82) is 0 Å². The number of rotatable bonds is 3. The molecule has 4 heteroatoms. The number of ether oxygens (including phenoxy) is 1. The van der Waals surface area contributed by atoms with Crippen LogP contribution in [0.25, 0.3) is 10.8 Å². The third-order valence-electron chi connectivity index (χ3n) is 3.49. The van der Waals surface area contributed by atoms with Gasteiger partial charge in [-0.15, -0.1) is 0 Å². The fourth-order valence-corrected chi connectivity index (χ4v) is 2.66. The molecule has 0 amide bonds. The van der Waals surface area contributed by atoms with Gasteiger partial charge in [0.05, 0.1) is 18.2 Å². The van der Waals surface area contributed by atoms with Gasteiger partial charge in [-0.1, -0.05) is 17.7 Å². The highest BCUT2D eigenvalue weighted by molar-refractivity contribution is 6.31. The Balaban J connectivity index is 1.93. The van der Waals surface area contributed by atoms with Gasteiger partial charge >= 0.3 is 5.97 Å². The standard InChI is InChI=1S/C15H14ClNO2/c1-2-19-15(18)13-8-12(13)14-11-4-3-10(16)7-9(11)5-6-17-14/h3-7,12-13H,2,8H2,1H3. The number of nitrogens with zero attached hydrogens (tertiary/aromatic N) is 1. The predicted octanol–water partition coefficient (Wildman–Crippen LogP) is 3.55. The first-order valence-corrected chi connectivity index (χ1v) is 6.79. The summed E-state index contributed by atoms with van der Waals surface area (Å²) in [6.07, 6.45) is 2.60. The van der Waals surface area contributed by atoms with Crippen molar-refractivity contribution in [2.24, 2.45) is 5.92 Å². The van der Waals surface area contributed by atoms with E-state index in [-0.39, 0.29) is 17.8 Å². The average molecular weight is 276 g/mol. The fourth-order valence-electron chi connectivity index (χ4n) is 2.47. The summed E-state index contributed by atoms with van der Waals surface area (Å²) in [5, 5.41) is 2.85. The summed E-state index contributed by atoms with van der Waals surface area (Å²) in [7, 11) is 0. The minimum Gasteiger partial charge on any atom is -0.466 e. The van der Waals surface area contributed by atoms with Gasteiger partial charge in [0.25, 0.3) is 0 Å². The quantitative estimate of drug-likeness (QED) is 0.804. The highest BCUT2D eigenvalue weighted by atomic mass is 35.5. The Labute approximate surface area is 116 Å². The predicted molar refractivity (Wildman–Crippen MR) is 74.2 cm³/mol. The van der Waals surface area contributed by atoms with Crippen molar-refractivity contribution in [3.8, 4) is 0 Å². The van der Waals surface area contributed by atoms with E-state index in [1.165, 1.54) is 0 Å². The largest absolute Gasteiger partial charge is 0.466 e. The van der Waals surface area contributed by atoms with Crippen molar-refractivity contribution in [1.82, 2.24) is 4.98 Å². The first kappa shape index (κ1) is 12.4. The molecule has 0 saturated heterocycles. The van der Waals surface area contributed by atoms with E-state index < -0.39 is 0 Å². The maximum atomic E-state index is 11.7. The molecule has 98 valence electrons. The molecule has 1 aliphatic rings. The second-order valence-electron chi connectivity index (χ2n) is 4.76. The molecule has 2 aromatic rings. The van der Waals surface area contributed by atoms with E-state index in [1.54, 1.807) is 6.20 Å². The van der Waals surface area contributed by atoms with Crippen molar-refractivity contribution < 1.29 is 9.53 Å². The minimum atomic E-state index is -0.111. The number of pyridine rings is 1. The topological polar surface area (TPSA) is 39.2 Å². The molecule has 0 spiro atoms. The van der Waals surface area contributed by atoms with Gasteiger partial charge < -0.3 is 4.74 Å². The van der Waals surface area contributed by atoms with Crippen LogP contribution in [0.5, 0.6) is 0 Å². The van der Waals surface area contributed by atoms with Crippen molar-refractivity contribution in [2.45, 2.75) is 19.3 Å². The van der Waals surface area contributed by atoms with Crippen LogP contribution in [0.3, 0.4) is 0 Å². The molecule has 0 N–H and O–H groups in total. The maximum Gasteiger partial charge on any atom is 0.309 e. The van der Waals surface area contributed by atoms with Gasteiger partial charge in [0, 0.05) is 22.5 Å². The summed E-state index contributed by atoms with van der Waals surface area (Å²) in [5.74, 6) is 0.0397. The molecule has 19 heavy (non-hydrogen) atoms. The molecule has 2 atom stereocenters. The van der Waals surface area contributed by atoms with Crippen molar-refractivity contribution >= 4 is 28.3 Å². The number of fused-ring (bicyclic) bond motifs is 1. The van der Waals surface area contributed by atoms with Gasteiger partial charge in [-0.3, -0.25) is 9.78 Å². The van der Waals surface area contributed by atoms with Crippen LogP contribution in [0.4, 0.5) is 0 Å². The summed E-state index contributed by atoms with van der Waals surface area (Å²) in [6, 6.07) is 7.69. The number of benzene rings is 1. The monoisotopic (exact) mass is 275 g/mol. The number of carbonyl (C=O) groups is 1. The number of hydrogen-bond donors (Lipinski definition) is 0. The molecule has 0 aliphatic heterocycles. The zero-order valence-electron chi connectivity index (χ0n) is 10.6. The molecular weight excluding hydrogens is 262 g/mol. The molecule has 0 radical (unpaired) electrons. The normalized spacial score (nSPS) is 21.4. The summed E-state index contributed by atoms with van der Waals surface area (Å²) >= 11 is 5.99. The molecule has 3 rings (SSSR count).